The predicted octanol–water partition coefficient (Wildman–Crippen LogP) is 3.98. The van der Waals surface area contributed by atoms with Crippen molar-refractivity contribution in [1.82, 2.24) is 0 Å². The van der Waals surface area contributed by atoms with Crippen molar-refractivity contribution in [1.29, 1.82) is 0 Å². The van der Waals surface area contributed by atoms with E-state index in [4.69, 9.17) is 0 Å². The van der Waals surface area contributed by atoms with Crippen molar-refractivity contribution < 1.29 is 5.11 Å². The van der Waals surface area contributed by atoms with Crippen LogP contribution in [0.15, 0.2) is 6.07 Å². The van der Waals surface area contributed by atoms with E-state index in [1.165, 1.54) is 36.1 Å². The highest BCUT2D eigenvalue weighted by molar-refractivity contribution is 7.12. The number of rotatable bonds is 3. The molecule has 1 heterocycles. The molecule has 0 aromatic carbocycles. The SMILES string of the molecule is Cc1cc(C(O)CC2CCCC2)sc1C. The summed E-state index contributed by atoms with van der Waals surface area (Å²) in [7, 11) is 0. The summed E-state index contributed by atoms with van der Waals surface area (Å²) >= 11 is 1.76. The fourth-order valence-electron chi connectivity index (χ4n) is 2.44. The third-order valence-electron chi connectivity index (χ3n) is 3.54. The summed E-state index contributed by atoms with van der Waals surface area (Å²) in [4.78, 5) is 2.51. The van der Waals surface area contributed by atoms with Crippen LogP contribution in [0.5, 0.6) is 0 Å². The van der Waals surface area contributed by atoms with Gasteiger partial charge in [-0.1, -0.05) is 25.7 Å². The molecule has 0 spiro atoms. The first-order valence-corrected chi connectivity index (χ1v) is 6.73. The van der Waals surface area contributed by atoms with Crippen LogP contribution in [-0.2, 0) is 0 Å². The summed E-state index contributed by atoms with van der Waals surface area (Å²) in [5.41, 5.74) is 1.32. The van der Waals surface area contributed by atoms with E-state index in [2.05, 4.69) is 19.9 Å². The minimum Gasteiger partial charge on any atom is -0.388 e. The van der Waals surface area contributed by atoms with Crippen molar-refractivity contribution in [3.8, 4) is 0 Å². The number of hydrogen-bond acceptors (Lipinski definition) is 2. The van der Waals surface area contributed by atoms with Crippen molar-refractivity contribution >= 4 is 11.3 Å². The minimum atomic E-state index is -0.217. The molecule has 0 bridgehead atoms. The third-order valence-corrected chi connectivity index (χ3v) is 4.80. The Kier molecular flexibility index (Phi) is 3.47. The molecular formula is C13H20OS. The molecule has 1 unspecified atom stereocenters. The number of hydrogen-bond donors (Lipinski definition) is 1. The summed E-state index contributed by atoms with van der Waals surface area (Å²) in [6.45, 7) is 4.25. The number of aliphatic hydroxyl groups excluding tert-OH is 1. The maximum absolute atomic E-state index is 10.1. The van der Waals surface area contributed by atoms with Crippen LogP contribution in [0.3, 0.4) is 0 Å². The summed E-state index contributed by atoms with van der Waals surface area (Å²) in [5.74, 6) is 0.766. The van der Waals surface area contributed by atoms with E-state index in [-0.39, 0.29) is 6.10 Å². The molecular weight excluding hydrogens is 204 g/mol. The third kappa shape index (κ3) is 2.61. The van der Waals surface area contributed by atoms with Crippen LogP contribution in [-0.4, -0.2) is 5.11 Å². The Morgan fingerprint density at radius 3 is 2.60 bits per heavy atom. The van der Waals surface area contributed by atoms with E-state index in [9.17, 15) is 5.11 Å². The molecule has 1 aromatic rings. The van der Waals surface area contributed by atoms with Gasteiger partial charge in [-0.05, 0) is 37.8 Å². The lowest BCUT2D eigenvalue weighted by Gasteiger charge is -2.13. The lowest BCUT2D eigenvalue weighted by molar-refractivity contribution is 0.148. The van der Waals surface area contributed by atoms with E-state index < -0.39 is 0 Å². The van der Waals surface area contributed by atoms with Gasteiger partial charge in [-0.15, -0.1) is 11.3 Å². The lowest BCUT2D eigenvalue weighted by atomic mass is 9.99. The van der Waals surface area contributed by atoms with Crippen LogP contribution < -0.4 is 0 Å². The molecule has 1 aliphatic rings. The summed E-state index contributed by atoms with van der Waals surface area (Å²) in [5, 5.41) is 10.1. The maximum atomic E-state index is 10.1. The van der Waals surface area contributed by atoms with E-state index in [0.29, 0.717) is 0 Å². The first-order chi connectivity index (χ1) is 7.16. The van der Waals surface area contributed by atoms with Crippen LogP contribution >= 0.6 is 11.3 Å². The second-order valence-electron chi connectivity index (χ2n) is 4.79. The molecule has 1 N–H and O–H groups in total. The largest absolute Gasteiger partial charge is 0.388 e. The van der Waals surface area contributed by atoms with Gasteiger partial charge in [0.15, 0.2) is 0 Å². The van der Waals surface area contributed by atoms with Crippen LogP contribution in [0, 0.1) is 19.8 Å². The number of thiophene rings is 1. The van der Waals surface area contributed by atoms with Crippen LogP contribution in [0.1, 0.15) is 53.5 Å². The lowest BCUT2D eigenvalue weighted by Crippen LogP contribution is -2.02. The Morgan fingerprint density at radius 2 is 2.07 bits per heavy atom. The minimum absolute atomic E-state index is 0.217. The van der Waals surface area contributed by atoms with E-state index in [0.717, 1.165) is 17.2 Å². The van der Waals surface area contributed by atoms with Gasteiger partial charge in [0.2, 0.25) is 0 Å². The van der Waals surface area contributed by atoms with Crippen LogP contribution in [0.4, 0.5) is 0 Å². The van der Waals surface area contributed by atoms with Gasteiger partial charge in [0.05, 0.1) is 6.10 Å². The molecule has 2 rings (SSSR count). The molecule has 0 radical (unpaired) electrons. The van der Waals surface area contributed by atoms with Gasteiger partial charge in [0, 0.05) is 9.75 Å². The zero-order valence-corrected chi connectivity index (χ0v) is 10.4. The average Bonchev–Trinajstić information content (AvgIpc) is 2.78. The highest BCUT2D eigenvalue weighted by Gasteiger charge is 2.20. The Hall–Kier alpha value is -0.340. The van der Waals surface area contributed by atoms with E-state index in [1.807, 2.05) is 0 Å². The normalized spacial score (nSPS) is 19.7. The van der Waals surface area contributed by atoms with Crippen molar-refractivity contribution in [2.24, 2.45) is 5.92 Å². The predicted molar refractivity (Wildman–Crippen MR) is 65.3 cm³/mol. The number of aryl methyl sites for hydroxylation is 2. The quantitative estimate of drug-likeness (QED) is 0.823. The molecule has 1 saturated carbocycles. The Morgan fingerprint density at radius 1 is 1.40 bits per heavy atom. The standard InChI is InChI=1S/C13H20OS/c1-9-7-13(15-10(9)2)12(14)8-11-5-3-4-6-11/h7,11-12,14H,3-6,8H2,1-2H3. The molecule has 0 saturated heterocycles. The fourth-order valence-corrected chi connectivity index (χ4v) is 3.49. The Balaban J connectivity index is 1.97. The smallest absolute Gasteiger partial charge is 0.0884 e. The monoisotopic (exact) mass is 224 g/mol. The highest BCUT2D eigenvalue weighted by Crippen LogP contribution is 2.35. The molecule has 1 aromatic heterocycles. The van der Waals surface area contributed by atoms with Gasteiger partial charge in [0.25, 0.3) is 0 Å². The Bertz CT molecular complexity index is 304. The molecule has 1 atom stereocenters. The van der Waals surface area contributed by atoms with Crippen molar-refractivity contribution in [3.63, 3.8) is 0 Å². The second kappa shape index (κ2) is 4.67. The van der Waals surface area contributed by atoms with Gasteiger partial charge < -0.3 is 5.11 Å². The van der Waals surface area contributed by atoms with Crippen LogP contribution in [0.25, 0.3) is 0 Å². The first-order valence-electron chi connectivity index (χ1n) is 5.92. The van der Waals surface area contributed by atoms with Crippen molar-refractivity contribution in [2.75, 3.05) is 0 Å². The Labute approximate surface area is 96.1 Å². The van der Waals surface area contributed by atoms with E-state index in [1.54, 1.807) is 11.3 Å². The zero-order valence-electron chi connectivity index (χ0n) is 9.62. The van der Waals surface area contributed by atoms with Crippen molar-refractivity contribution in [2.45, 2.75) is 52.1 Å². The summed E-state index contributed by atoms with van der Waals surface area (Å²) in [6.07, 6.45) is 6.12. The van der Waals surface area contributed by atoms with Crippen molar-refractivity contribution in [3.05, 3.63) is 21.4 Å². The van der Waals surface area contributed by atoms with E-state index >= 15 is 0 Å². The first kappa shape index (κ1) is 11.2. The average molecular weight is 224 g/mol. The molecule has 1 fully saturated rings. The molecule has 1 aliphatic carbocycles. The molecule has 84 valence electrons. The topological polar surface area (TPSA) is 20.2 Å². The zero-order chi connectivity index (χ0) is 10.8. The maximum Gasteiger partial charge on any atom is 0.0884 e. The fraction of sp³-hybridized carbons (Fsp3) is 0.692. The molecule has 0 aliphatic heterocycles. The second-order valence-corrected chi connectivity index (χ2v) is 6.08. The van der Waals surface area contributed by atoms with Gasteiger partial charge in [-0.2, -0.15) is 0 Å². The summed E-state index contributed by atoms with van der Waals surface area (Å²) in [6, 6.07) is 2.15. The van der Waals surface area contributed by atoms with Gasteiger partial charge in [0.1, 0.15) is 0 Å². The molecule has 15 heavy (non-hydrogen) atoms. The van der Waals surface area contributed by atoms with Gasteiger partial charge in [-0.25, -0.2) is 0 Å². The highest BCUT2D eigenvalue weighted by atomic mass is 32.1. The van der Waals surface area contributed by atoms with Gasteiger partial charge >= 0.3 is 0 Å². The molecule has 0 amide bonds. The van der Waals surface area contributed by atoms with Gasteiger partial charge in [-0.3, -0.25) is 0 Å². The number of aliphatic hydroxyl groups is 1. The van der Waals surface area contributed by atoms with Crippen LogP contribution in [0.2, 0.25) is 0 Å². The molecule has 1 nitrogen and oxygen atoms in total. The summed E-state index contributed by atoms with van der Waals surface area (Å²) < 4.78 is 0. The molecule has 2 heteroatoms.